The quantitative estimate of drug-likeness (QED) is 0.356. The molecule has 0 saturated heterocycles. The van der Waals surface area contributed by atoms with E-state index >= 15 is 0 Å². The Morgan fingerprint density at radius 2 is 1.07 bits per heavy atom. The maximum Gasteiger partial charge on any atom is 0.141 e. The molecular weight excluding hydrogens is 364 g/mol. The van der Waals surface area contributed by atoms with Gasteiger partial charge in [0.25, 0.3) is 0 Å². The SMILES string of the molecule is O[C@@]1(c2ccc(-c3ccccc3)cc2)c2ccccc2-c2cc3ccccc3cc21. The first kappa shape index (κ1) is 17.2. The van der Waals surface area contributed by atoms with Gasteiger partial charge in [-0.05, 0) is 50.7 Å². The summed E-state index contributed by atoms with van der Waals surface area (Å²) in [5, 5.41) is 14.5. The summed E-state index contributed by atoms with van der Waals surface area (Å²) in [4.78, 5) is 0. The minimum Gasteiger partial charge on any atom is -0.376 e. The second-order valence-corrected chi connectivity index (χ2v) is 7.94. The van der Waals surface area contributed by atoms with Crippen molar-refractivity contribution in [2.75, 3.05) is 0 Å². The molecule has 0 heterocycles. The average Bonchev–Trinajstić information content (AvgIpc) is 3.07. The van der Waals surface area contributed by atoms with Crippen molar-refractivity contribution in [3.8, 4) is 22.3 Å². The van der Waals surface area contributed by atoms with Gasteiger partial charge < -0.3 is 5.11 Å². The zero-order chi connectivity index (χ0) is 20.1. The second-order valence-electron chi connectivity index (χ2n) is 7.94. The summed E-state index contributed by atoms with van der Waals surface area (Å²) in [6.07, 6.45) is 0. The zero-order valence-corrected chi connectivity index (χ0v) is 16.4. The van der Waals surface area contributed by atoms with Crippen LogP contribution in [0.2, 0.25) is 0 Å². The van der Waals surface area contributed by atoms with Crippen LogP contribution in [-0.2, 0) is 5.60 Å². The summed E-state index contributed by atoms with van der Waals surface area (Å²) in [5.74, 6) is 0. The summed E-state index contributed by atoms with van der Waals surface area (Å²) in [6, 6.07) is 39.6. The predicted octanol–water partition coefficient (Wildman–Crippen LogP) is 6.77. The maximum absolute atomic E-state index is 12.2. The van der Waals surface area contributed by atoms with Crippen molar-refractivity contribution in [1.29, 1.82) is 0 Å². The van der Waals surface area contributed by atoms with E-state index in [1.807, 2.05) is 42.5 Å². The number of hydrogen-bond donors (Lipinski definition) is 1. The molecule has 0 spiro atoms. The van der Waals surface area contributed by atoms with E-state index < -0.39 is 5.60 Å². The van der Waals surface area contributed by atoms with Gasteiger partial charge >= 0.3 is 0 Å². The molecule has 142 valence electrons. The molecule has 0 saturated carbocycles. The highest BCUT2D eigenvalue weighted by molar-refractivity contribution is 5.94. The van der Waals surface area contributed by atoms with E-state index in [1.54, 1.807) is 0 Å². The first-order valence-electron chi connectivity index (χ1n) is 10.3. The summed E-state index contributed by atoms with van der Waals surface area (Å²) >= 11 is 0. The fraction of sp³-hybridized carbons (Fsp3) is 0.0345. The lowest BCUT2D eigenvalue weighted by molar-refractivity contribution is 0.131. The molecule has 0 radical (unpaired) electrons. The normalized spacial score (nSPS) is 17.0. The van der Waals surface area contributed by atoms with Crippen molar-refractivity contribution in [3.63, 3.8) is 0 Å². The van der Waals surface area contributed by atoms with Crippen molar-refractivity contribution in [2.45, 2.75) is 5.60 Å². The number of hydrogen-bond acceptors (Lipinski definition) is 1. The van der Waals surface area contributed by atoms with Gasteiger partial charge in [-0.3, -0.25) is 0 Å². The molecule has 0 amide bonds. The molecule has 1 nitrogen and oxygen atoms in total. The Labute approximate surface area is 175 Å². The Balaban J connectivity index is 1.57. The van der Waals surface area contributed by atoms with E-state index in [0.717, 1.165) is 38.8 Å². The molecule has 0 aromatic heterocycles. The molecule has 30 heavy (non-hydrogen) atoms. The Hall–Kier alpha value is -3.68. The summed E-state index contributed by atoms with van der Waals surface area (Å²) in [7, 11) is 0. The first-order valence-corrected chi connectivity index (χ1v) is 10.3. The highest BCUT2D eigenvalue weighted by atomic mass is 16.3. The van der Waals surface area contributed by atoms with Crippen LogP contribution in [-0.4, -0.2) is 5.11 Å². The van der Waals surface area contributed by atoms with Crippen molar-refractivity contribution >= 4 is 10.8 Å². The third-order valence-electron chi connectivity index (χ3n) is 6.29. The average molecular weight is 384 g/mol. The smallest absolute Gasteiger partial charge is 0.141 e. The van der Waals surface area contributed by atoms with Gasteiger partial charge in [0.1, 0.15) is 5.60 Å². The Morgan fingerprint density at radius 3 is 1.83 bits per heavy atom. The van der Waals surface area contributed by atoms with Crippen molar-refractivity contribution in [3.05, 3.63) is 132 Å². The molecule has 1 aliphatic rings. The van der Waals surface area contributed by atoms with Gasteiger partial charge in [0, 0.05) is 11.1 Å². The van der Waals surface area contributed by atoms with Gasteiger partial charge in [0.15, 0.2) is 0 Å². The minimum atomic E-state index is -1.16. The number of aliphatic hydroxyl groups is 1. The molecule has 5 aromatic carbocycles. The Bertz CT molecular complexity index is 1380. The number of benzene rings is 5. The van der Waals surface area contributed by atoms with Crippen LogP contribution >= 0.6 is 0 Å². The van der Waals surface area contributed by atoms with E-state index in [0.29, 0.717) is 0 Å². The largest absolute Gasteiger partial charge is 0.376 e. The van der Waals surface area contributed by atoms with Crippen molar-refractivity contribution in [2.24, 2.45) is 0 Å². The second kappa shape index (κ2) is 6.41. The minimum absolute atomic E-state index is 0.892. The van der Waals surface area contributed by atoms with Crippen molar-refractivity contribution < 1.29 is 5.11 Å². The van der Waals surface area contributed by atoms with Crippen LogP contribution < -0.4 is 0 Å². The molecule has 6 rings (SSSR count). The standard InChI is InChI=1S/C29H20O/c30-29(24-16-14-21(15-17-24)20-8-2-1-3-9-20)27-13-7-6-12-25(27)26-18-22-10-4-5-11-23(22)19-28(26)29/h1-19,30H/t29-/m0/s1. The van der Waals surface area contributed by atoms with Gasteiger partial charge in [-0.1, -0.05) is 103 Å². The lowest BCUT2D eigenvalue weighted by Crippen LogP contribution is -2.26. The highest BCUT2D eigenvalue weighted by Crippen LogP contribution is 2.52. The maximum atomic E-state index is 12.2. The van der Waals surface area contributed by atoms with Crippen LogP contribution in [0.3, 0.4) is 0 Å². The molecule has 0 fully saturated rings. The number of fused-ring (bicyclic) bond motifs is 4. The van der Waals surface area contributed by atoms with E-state index in [4.69, 9.17) is 0 Å². The molecular formula is C29H20O. The number of rotatable bonds is 2. The fourth-order valence-corrected chi connectivity index (χ4v) is 4.79. The van der Waals surface area contributed by atoms with Gasteiger partial charge in [-0.25, -0.2) is 0 Å². The molecule has 0 bridgehead atoms. The van der Waals surface area contributed by atoms with Crippen LogP contribution in [0.25, 0.3) is 33.0 Å². The molecule has 1 aliphatic carbocycles. The first-order chi connectivity index (χ1) is 14.7. The summed E-state index contributed by atoms with van der Waals surface area (Å²) < 4.78 is 0. The summed E-state index contributed by atoms with van der Waals surface area (Å²) in [6.45, 7) is 0. The van der Waals surface area contributed by atoms with E-state index in [1.165, 1.54) is 10.9 Å². The lowest BCUT2D eigenvalue weighted by Gasteiger charge is -2.27. The molecule has 1 heteroatoms. The fourth-order valence-electron chi connectivity index (χ4n) is 4.79. The van der Waals surface area contributed by atoms with Crippen LogP contribution in [0, 0.1) is 0 Å². The van der Waals surface area contributed by atoms with E-state index in [2.05, 4.69) is 72.8 Å². The van der Waals surface area contributed by atoms with Crippen LogP contribution in [0.4, 0.5) is 0 Å². The zero-order valence-electron chi connectivity index (χ0n) is 16.4. The Kier molecular flexibility index (Phi) is 3.68. The third kappa shape index (κ3) is 2.39. The van der Waals surface area contributed by atoms with E-state index in [9.17, 15) is 5.11 Å². The topological polar surface area (TPSA) is 20.2 Å². The summed E-state index contributed by atoms with van der Waals surface area (Å²) in [5.41, 5.74) is 6.17. The molecule has 0 aliphatic heterocycles. The van der Waals surface area contributed by atoms with Crippen LogP contribution in [0.5, 0.6) is 0 Å². The van der Waals surface area contributed by atoms with Gasteiger partial charge in [0.2, 0.25) is 0 Å². The van der Waals surface area contributed by atoms with E-state index in [-0.39, 0.29) is 0 Å². The Morgan fingerprint density at radius 1 is 0.467 bits per heavy atom. The van der Waals surface area contributed by atoms with Gasteiger partial charge in [-0.2, -0.15) is 0 Å². The van der Waals surface area contributed by atoms with Crippen LogP contribution in [0.15, 0.2) is 115 Å². The molecule has 1 N–H and O–H groups in total. The molecule has 1 atom stereocenters. The monoisotopic (exact) mass is 384 g/mol. The predicted molar refractivity (Wildman–Crippen MR) is 123 cm³/mol. The van der Waals surface area contributed by atoms with Gasteiger partial charge in [-0.15, -0.1) is 0 Å². The molecule has 0 unspecified atom stereocenters. The highest BCUT2D eigenvalue weighted by Gasteiger charge is 2.43. The third-order valence-corrected chi connectivity index (χ3v) is 6.29. The lowest BCUT2D eigenvalue weighted by atomic mass is 9.83. The van der Waals surface area contributed by atoms with Crippen LogP contribution in [0.1, 0.15) is 16.7 Å². The molecule has 5 aromatic rings. The van der Waals surface area contributed by atoms with Gasteiger partial charge in [0.05, 0.1) is 0 Å². The van der Waals surface area contributed by atoms with Crippen molar-refractivity contribution in [1.82, 2.24) is 0 Å².